The minimum Gasteiger partial charge on any atom is -0.481 e. The van der Waals surface area contributed by atoms with Crippen molar-refractivity contribution in [1.29, 1.82) is 0 Å². The lowest BCUT2D eigenvalue weighted by Gasteiger charge is -2.56. The standard InChI is InChI=1S/C21H23NO5.C6H9N3O2.C6H13NO2/c1-11(23)25-16-6-4-13-10-15-14-5-7-17(26-12(2)24)20-21(14,8-9-22(15)3)18(13)19(16)27-20;7-5(6(10)11)1-4-2-8-3-9-4;1-4(2)3-5(7)6(8)9/h4-7,14-15,17,20H,8-10H2,1-3H3;2-3,5H,1,7H2,(H,8,9)(H,10,11);4-5H,3,7H2,1-2H3,(H,8,9)/t14-,15+,17-,20-,21-;5-;/m00./s1. The number of aromatic amines is 1. The molecule has 7 N–H and O–H groups in total. The minimum atomic E-state index is -1.00. The van der Waals surface area contributed by atoms with Crippen molar-refractivity contribution in [2.24, 2.45) is 23.3 Å². The Morgan fingerprint density at radius 3 is 2.36 bits per heavy atom. The van der Waals surface area contributed by atoms with E-state index < -0.39 is 30.1 Å². The van der Waals surface area contributed by atoms with E-state index >= 15 is 0 Å². The molecular weight excluding hydrogens is 610 g/mol. The zero-order valence-electron chi connectivity index (χ0n) is 27.3. The Balaban J connectivity index is 0.000000207. The number of nitrogens with zero attached hydrogens (tertiary/aromatic N) is 2. The van der Waals surface area contributed by atoms with Crippen LogP contribution in [0.25, 0.3) is 0 Å². The maximum atomic E-state index is 11.7. The highest BCUT2D eigenvalue weighted by Gasteiger charge is 2.65. The van der Waals surface area contributed by atoms with E-state index in [1.165, 1.54) is 25.7 Å². The van der Waals surface area contributed by atoms with Crippen LogP contribution in [-0.4, -0.2) is 92.9 Å². The number of piperidine rings is 1. The van der Waals surface area contributed by atoms with Gasteiger partial charge in [-0.25, -0.2) is 4.98 Å². The number of nitrogens with one attached hydrogen (secondary N) is 1. The van der Waals surface area contributed by atoms with Crippen molar-refractivity contribution in [3.8, 4) is 11.5 Å². The lowest BCUT2D eigenvalue weighted by Crippen LogP contribution is -2.65. The van der Waals surface area contributed by atoms with E-state index in [1.807, 2.05) is 26.0 Å². The molecule has 0 radical (unpaired) electrons. The van der Waals surface area contributed by atoms with Gasteiger partial charge in [-0.15, -0.1) is 0 Å². The summed E-state index contributed by atoms with van der Waals surface area (Å²) < 4.78 is 17.5. The molecule has 4 aliphatic rings. The molecule has 1 aromatic heterocycles. The van der Waals surface area contributed by atoms with Gasteiger partial charge < -0.3 is 45.8 Å². The van der Waals surface area contributed by atoms with Crippen LogP contribution >= 0.6 is 0 Å². The Kier molecular flexibility index (Phi) is 11.1. The summed E-state index contributed by atoms with van der Waals surface area (Å²) in [5, 5.41) is 16.7. The van der Waals surface area contributed by atoms with Crippen LogP contribution in [0.2, 0.25) is 0 Å². The molecule has 2 aliphatic heterocycles. The number of hydrogen-bond acceptors (Lipinski definition) is 11. The molecule has 0 amide bonds. The van der Waals surface area contributed by atoms with Crippen molar-refractivity contribution >= 4 is 23.9 Å². The summed E-state index contributed by atoms with van der Waals surface area (Å²) in [4.78, 5) is 52.6. The summed E-state index contributed by atoms with van der Waals surface area (Å²) in [6, 6.07) is 2.73. The van der Waals surface area contributed by atoms with Gasteiger partial charge in [0.2, 0.25) is 0 Å². The van der Waals surface area contributed by atoms with Crippen molar-refractivity contribution in [3.05, 3.63) is 53.6 Å². The van der Waals surface area contributed by atoms with Gasteiger partial charge in [-0.2, -0.15) is 0 Å². The second-order valence-electron chi connectivity index (χ2n) is 12.9. The number of ether oxygens (including phenoxy) is 3. The van der Waals surface area contributed by atoms with Crippen LogP contribution in [0.4, 0.5) is 0 Å². The summed E-state index contributed by atoms with van der Waals surface area (Å²) in [5.74, 6) is -0.844. The summed E-state index contributed by atoms with van der Waals surface area (Å²) in [6.07, 6.45) is 9.20. The molecule has 7 atom stereocenters. The number of aliphatic carboxylic acids is 2. The molecule has 3 heterocycles. The van der Waals surface area contributed by atoms with Crippen LogP contribution < -0.4 is 20.9 Å². The van der Waals surface area contributed by atoms with Crippen molar-refractivity contribution in [3.63, 3.8) is 0 Å². The lowest BCUT2D eigenvalue weighted by molar-refractivity contribution is -0.152. The molecule has 0 saturated carbocycles. The highest BCUT2D eigenvalue weighted by molar-refractivity contribution is 5.74. The van der Waals surface area contributed by atoms with Crippen LogP contribution in [0.3, 0.4) is 0 Å². The number of likely N-dealkylation sites (tertiary alicyclic amines) is 1. The molecule has 2 aromatic rings. The van der Waals surface area contributed by atoms with E-state index in [2.05, 4.69) is 34.1 Å². The smallest absolute Gasteiger partial charge is 0.320 e. The first-order chi connectivity index (χ1) is 22.1. The first-order valence-electron chi connectivity index (χ1n) is 15.7. The monoisotopic (exact) mass is 655 g/mol. The van der Waals surface area contributed by atoms with Gasteiger partial charge in [0.15, 0.2) is 17.6 Å². The second-order valence-corrected chi connectivity index (χ2v) is 12.9. The van der Waals surface area contributed by atoms with Crippen LogP contribution in [0, 0.1) is 11.8 Å². The number of nitrogens with two attached hydrogens (primary N) is 2. The van der Waals surface area contributed by atoms with E-state index in [-0.39, 0.29) is 35.8 Å². The fourth-order valence-corrected chi connectivity index (χ4v) is 7.07. The third-order valence-corrected chi connectivity index (χ3v) is 9.03. The molecule has 1 saturated heterocycles. The Morgan fingerprint density at radius 2 is 1.81 bits per heavy atom. The predicted octanol–water partition coefficient (Wildman–Crippen LogP) is 1.80. The van der Waals surface area contributed by atoms with Gasteiger partial charge >= 0.3 is 23.9 Å². The van der Waals surface area contributed by atoms with Crippen molar-refractivity contribution < 1.29 is 43.6 Å². The number of aromatic nitrogens is 2. The van der Waals surface area contributed by atoms with Gasteiger partial charge in [-0.05, 0) is 56.5 Å². The van der Waals surface area contributed by atoms with Gasteiger partial charge in [0.1, 0.15) is 18.2 Å². The van der Waals surface area contributed by atoms with Crippen molar-refractivity contribution in [2.75, 3.05) is 13.6 Å². The Bertz CT molecular complexity index is 1490. The quantitative estimate of drug-likeness (QED) is 0.156. The zero-order chi connectivity index (χ0) is 34.6. The molecule has 1 spiro atoms. The molecule has 2 bridgehead atoms. The van der Waals surface area contributed by atoms with Gasteiger partial charge in [-0.1, -0.05) is 26.0 Å². The summed E-state index contributed by atoms with van der Waals surface area (Å²) in [5.41, 5.74) is 13.4. The van der Waals surface area contributed by atoms with Crippen LogP contribution in [0.1, 0.15) is 57.4 Å². The number of imidazole rings is 1. The number of esters is 2. The molecule has 2 aliphatic carbocycles. The van der Waals surface area contributed by atoms with E-state index in [4.69, 9.17) is 35.9 Å². The molecule has 256 valence electrons. The first-order valence-corrected chi connectivity index (χ1v) is 15.7. The van der Waals surface area contributed by atoms with Gasteiger partial charge in [0.25, 0.3) is 0 Å². The van der Waals surface area contributed by atoms with Gasteiger partial charge in [0, 0.05) is 55.1 Å². The van der Waals surface area contributed by atoms with E-state index in [0.29, 0.717) is 29.9 Å². The van der Waals surface area contributed by atoms with E-state index in [9.17, 15) is 19.2 Å². The number of carboxylic acids is 2. The van der Waals surface area contributed by atoms with Crippen LogP contribution in [-0.2, 0) is 42.2 Å². The Labute approximate surface area is 273 Å². The number of carbonyl (C=O) groups excluding carboxylic acids is 2. The molecular formula is C33H45N5O9. The average molecular weight is 656 g/mol. The first kappa shape index (κ1) is 35.6. The molecule has 1 aromatic carbocycles. The topological polar surface area (TPSA) is 220 Å². The van der Waals surface area contributed by atoms with Crippen LogP contribution in [0.15, 0.2) is 36.8 Å². The maximum absolute atomic E-state index is 11.7. The molecule has 1 unspecified atom stereocenters. The number of H-pyrrole nitrogens is 1. The fourth-order valence-electron chi connectivity index (χ4n) is 7.07. The largest absolute Gasteiger partial charge is 0.481 e. The number of rotatable bonds is 8. The van der Waals surface area contributed by atoms with E-state index in [0.717, 1.165) is 30.6 Å². The molecule has 1 fully saturated rings. The summed E-state index contributed by atoms with van der Waals surface area (Å²) in [6.45, 7) is 7.67. The highest BCUT2D eigenvalue weighted by Crippen LogP contribution is 2.62. The predicted molar refractivity (Wildman–Crippen MR) is 170 cm³/mol. The SMILES string of the molecule is CC(=O)Oc1ccc2c3c1O[C@H]1[C@@H](OC(C)=O)C=C[C@H]4[C@@H](C2)N(C)CC[C@@]341.CC(C)CC(N)C(=O)O.N[C@@H](Cc1cnc[nH]1)C(=O)O. The van der Waals surface area contributed by atoms with Gasteiger partial charge in [-0.3, -0.25) is 19.2 Å². The van der Waals surface area contributed by atoms with Crippen LogP contribution in [0.5, 0.6) is 11.5 Å². The number of benzene rings is 1. The average Bonchev–Trinajstić information content (AvgIpc) is 3.62. The second kappa shape index (κ2) is 14.7. The lowest BCUT2D eigenvalue weighted by atomic mass is 9.53. The third kappa shape index (κ3) is 7.66. The fraction of sp³-hybridized carbons (Fsp3) is 0.545. The molecule has 47 heavy (non-hydrogen) atoms. The Hall–Kier alpha value is -4.27. The van der Waals surface area contributed by atoms with Crippen molar-refractivity contribution in [1.82, 2.24) is 14.9 Å². The third-order valence-electron chi connectivity index (χ3n) is 9.03. The van der Waals surface area contributed by atoms with Crippen molar-refractivity contribution in [2.45, 2.75) is 89.1 Å². The Morgan fingerprint density at radius 1 is 1.11 bits per heavy atom. The number of carbonyl (C=O) groups is 4. The van der Waals surface area contributed by atoms with E-state index in [1.54, 1.807) is 6.20 Å². The number of likely N-dealkylation sites (N-methyl/N-ethyl adjacent to an activating group) is 1. The van der Waals surface area contributed by atoms with Gasteiger partial charge in [0.05, 0.1) is 6.33 Å². The maximum Gasteiger partial charge on any atom is 0.320 e. The highest BCUT2D eigenvalue weighted by atomic mass is 16.6. The molecule has 6 rings (SSSR count). The number of carboxylic acid groups (broad SMARTS) is 2. The zero-order valence-corrected chi connectivity index (χ0v) is 27.3. The summed E-state index contributed by atoms with van der Waals surface area (Å²) in [7, 11) is 2.17. The minimum absolute atomic E-state index is 0.245. The molecule has 14 nitrogen and oxygen atoms in total. The summed E-state index contributed by atoms with van der Waals surface area (Å²) >= 11 is 0. The normalized spacial score (nSPS) is 25.9. The number of hydrogen-bond donors (Lipinski definition) is 5. The molecule has 14 heteroatoms.